The highest BCUT2D eigenvalue weighted by Crippen LogP contribution is 2.23. The number of aryl methyl sites for hydroxylation is 3. The van der Waals surface area contributed by atoms with Gasteiger partial charge < -0.3 is 14.4 Å². The summed E-state index contributed by atoms with van der Waals surface area (Å²) in [4.78, 5) is 16.8. The van der Waals surface area contributed by atoms with E-state index in [2.05, 4.69) is 15.5 Å². The van der Waals surface area contributed by atoms with Gasteiger partial charge in [-0.25, -0.2) is 0 Å². The van der Waals surface area contributed by atoms with Gasteiger partial charge in [-0.1, -0.05) is 5.16 Å². The molecule has 0 saturated heterocycles. The Bertz CT molecular complexity index is 843. The first-order chi connectivity index (χ1) is 11.0. The lowest BCUT2D eigenvalue weighted by Crippen LogP contribution is -2.14. The zero-order chi connectivity index (χ0) is 16.6. The van der Waals surface area contributed by atoms with Crippen LogP contribution in [0.1, 0.15) is 33.2 Å². The maximum Gasteiger partial charge on any atom is 0.257 e. The Morgan fingerprint density at radius 2 is 2.04 bits per heavy atom. The van der Waals surface area contributed by atoms with Crippen LogP contribution >= 0.6 is 0 Å². The topological polar surface area (TPSA) is 73.0 Å². The number of rotatable bonds is 3. The second-order valence-electron chi connectivity index (χ2n) is 5.48. The maximum atomic E-state index is 12.6. The third kappa shape index (κ3) is 2.63. The van der Waals surface area contributed by atoms with Crippen LogP contribution in [0.25, 0.3) is 5.69 Å². The van der Waals surface area contributed by atoms with Crippen LogP contribution < -0.4 is 5.32 Å². The molecule has 0 bridgehead atoms. The lowest BCUT2D eigenvalue weighted by atomic mass is 10.2. The molecule has 0 aliphatic rings. The van der Waals surface area contributed by atoms with Gasteiger partial charge in [-0.05, 0) is 45.9 Å². The molecule has 0 saturated carbocycles. The van der Waals surface area contributed by atoms with Crippen LogP contribution in [0.2, 0.25) is 0 Å². The summed E-state index contributed by atoms with van der Waals surface area (Å²) in [5.41, 5.74) is 4.67. The molecule has 3 heterocycles. The molecule has 23 heavy (non-hydrogen) atoms. The first-order valence-electron chi connectivity index (χ1n) is 7.32. The number of carbonyl (C=O) groups excluding carboxylic acids is 1. The zero-order valence-corrected chi connectivity index (χ0v) is 13.5. The number of carbonyl (C=O) groups is 1. The molecule has 3 rings (SSSR count). The van der Waals surface area contributed by atoms with Gasteiger partial charge in [-0.15, -0.1) is 0 Å². The van der Waals surface area contributed by atoms with Crippen LogP contribution in [-0.4, -0.2) is 20.6 Å². The maximum absolute atomic E-state index is 12.6. The molecule has 0 radical (unpaired) electrons. The Morgan fingerprint density at radius 1 is 1.26 bits per heavy atom. The predicted molar refractivity (Wildman–Crippen MR) is 87.0 cm³/mol. The summed E-state index contributed by atoms with van der Waals surface area (Å²) in [5.74, 6) is 0.416. The molecule has 1 amide bonds. The molecule has 0 aromatic carbocycles. The summed E-state index contributed by atoms with van der Waals surface area (Å²) in [5, 5.41) is 6.74. The Kier molecular flexibility index (Phi) is 3.73. The number of nitrogens with one attached hydrogen (secondary N) is 1. The Labute approximate surface area is 134 Å². The highest BCUT2D eigenvalue weighted by molar-refractivity contribution is 6.05. The predicted octanol–water partition coefficient (Wildman–Crippen LogP) is 3.35. The highest BCUT2D eigenvalue weighted by atomic mass is 16.5. The number of aromatic nitrogens is 3. The SMILES string of the molecule is Cc1noc(C)c1NC(=O)c1cc(C)n(-c2cccnc2)c1C. The van der Waals surface area contributed by atoms with E-state index in [0.717, 1.165) is 17.1 Å². The van der Waals surface area contributed by atoms with E-state index in [4.69, 9.17) is 4.52 Å². The second kappa shape index (κ2) is 5.72. The van der Waals surface area contributed by atoms with Crippen LogP contribution in [0.15, 0.2) is 35.1 Å². The van der Waals surface area contributed by atoms with Crippen molar-refractivity contribution >= 4 is 11.6 Å². The van der Waals surface area contributed by atoms with Gasteiger partial charge in [0.15, 0.2) is 5.76 Å². The molecule has 0 aliphatic carbocycles. The minimum Gasteiger partial charge on any atom is -0.359 e. The van der Waals surface area contributed by atoms with Crippen molar-refractivity contribution in [3.63, 3.8) is 0 Å². The number of amides is 1. The van der Waals surface area contributed by atoms with Crippen molar-refractivity contribution in [2.45, 2.75) is 27.7 Å². The van der Waals surface area contributed by atoms with Gasteiger partial charge >= 0.3 is 0 Å². The van der Waals surface area contributed by atoms with Gasteiger partial charge in [-0.3, -0.25) is 9.78 Å². The molecular weight excluding hydrogens is 292 g/mol. The van der Waals surface area contributed by atoms with Crippen molar-refractivity contribution in [1.82, 2.24) is 14.7 Å². The van der Waals surface area contributed by atoms with Crippen molar-refractivity contribution < 1.29 is 9.32 Å². The smallest absolute Gasteiger partial charge is 0.257 e. The summed E-state index contributed by atoms with van der Waals surface area (Å²) in [6.07, 6.45) is 3.50. The number of anilines is 1. The van der Waals surface area contributed by atoms with E-state index in [1.54, 1.807) is 26.2 Å². The van der Waals surface area contributed by atoms with Gasteiger partial charge in [-0.2, -0.15) is 0 Å². The quantitative estimate of drug-likeness (QED) is 0.805. The third-order valence-corrected chi connectivity index (χ3v) is 3.85. The molecule has 3 aromatic rings. The van der Waals surface area contributed by atoms with E-state index in [1.165, 1.54) is 0 Å². The van der Waals surface area contributed by atoms with Crippen molar-refractivity contribution in [3.05, 3.63) is 59.0 Å². The summed E-state index contributed by atoms with van der Waals surface area (Å²) < 4.78 is 7.09. The van der Waals surface area contributed by atoms with Crippen molar-refractivity contribution in [2.75, 3.05) is 5.32 Å². The summed E-state index contributed by atoms with van der Waals surface area (Å²) in [6, 6.07) is 5.71. The molecule has 118 valence electrons. The van der Waals surface area contributed by atoms with E-state index >= 15 is 0 Å². The minimum absolute atomic E-state index is 0.178. The largest absolute Gasteiger partial charge is 0.359 e. The van der Waals surface area contributed by atoms with Crippen molar-refractivity contribution in [3.8, 4) is 5.69 Å². The number of hydrogen-bond donors (Lipinski definition) is 1. The fourth-order valence-electron chi connectivity index (χ4n) is 2.72. The van der Waals surface area contributed by atoms with Crippen LogP contribution in [0, 0.1) is 27.7 Å². The zero-order valence-electron chi connectivity index (χ0n) is 13.5. The lowest BCUT2D eigenvalue weighted by molar-refractivity contribution is 0.102. The Morgan fingerprint density at radius 3 is 2.65 bits per heavy atom. The summed E-state index contributed by atoms with van der Waals surface area (Å²) >= 11 is 0. The number of hydrogen-bond acceptors (Lipinski definition) is 4. The van der Waals surface area contributed by atoms with Crippen LogP contribution in [0.3, 0.4) is 0 Å². The van der Waals surface area contributed by atoms with E-state index in [1.807, 2.05) is 36.6 Å². The van der Waals surface area contributed by atoms with Gasteiger partial charge in [0.2, 0.25) is 0 Å². The molecule has 0 unspecified atom stereocenters. The molecule has 0 fully saturated rings. The lowest BCUT2D eigenvalue weighted by Gasteiger charge is -2.09. The first kappa shape index (κ1) is 15.0. The molecular formula is C17H18N4O2. The van der Waals surface area contributed by atoms with Crippen LogP contribution in [0.4, 0.5) is 5.69 Å². The van der Waals surface area contributed by atoms with Crippen LogP contribution in [0.5, 0.6) is 0 Å². The monoisotopic (exact) mass is 310 g/mol. The fourth-order valence-corrected chi connectivity index (χ4v) is 2.72. The summed E-state index contributed by atoms with van der Waals surface area (Å²) in [7, 11) is 0. The molecule has 6 heteroatoms. The minimum atomic E-state index is -0.178. The average Bonchev–Trinajstić information content (AvgIpc) is 3.01. The third-order valence-electron chi connectivity index (χ3n) is 3.85. The van der Waals surface area contributed by atoms with Gasteiger partial charge in [0.25, 0.3) is 5.91 Å². The number of pyridine rings is 1. The summed E-state index contributed by atoms with van der Waals surface area (Å²) in [6.45, 7) is 7.45. The second-order valence-corrected chi connectivity index (χ2v) is 5.48. The molecule has 0 aliphatic heterocycles. The van der Waals surface area contributed by atoms with E-state index in [-0.39, 0.29) is 5.91 Å². The Balaban J connectivity index is 1.97. The van der Waals surface area contributed by atoms with Crippen molar-refractivity contribution in [1.29, 1.82) is 0 Å². The van der Waals surface area contributed by atoms with E-state index in [9.17, 15) is 4.79 Å². The van der Waals surface area contributed by atoms with Gasteiger partial charge in [0, 0.05) is 17.6 Å². The highest BCUT2D eigenvalue weighted by Gasteiger charge is 2.19. The number of nitrogens with zero attached hydrogens (tertiary/aromatic N) is 3. The van der Waals surface area contributed by atoms with Gasteiger partial charge in [0.05, 0.1) is 17.4 Å². The average molecular weight is 310 g/mol. The molecule has 0 atom stereocenters. The van der Waals surface area contributed by atoms with Crippen molar-refractivity contribution in [2.24, 2.45) is 0 Å². The first-order valence-corrected chi connectivity index (χ1v) is 7.32. The molecule has 1 N–H and O–H groups in total. The van der Waals surface area contributed by atoms with E-state index in [0.29, 0.717) is 22.7 Å². The molecule has 0 spiro atoms. The molecule has 6 nitrogen and oxygen atoms in total. The molecule has 3 aromatic heterocycles. The Hall–Kier alpha value is -2.89. The standard InChI is InChI=1S/C17H18N4O2/c1-10-8-15(12(3)21(10)14-6-5-7-18-9-14)17(22)19-16-11(2)20-23-13(16)4/h5-9H,1-4H3,(H,19,22). The fraction of sp³-hybridized carbons (Fsp3) is 0.235. The van der Waals surface area contributed by atoms with E-state index < -0.39 is 0 Å². The normalized spacial score (nSPS) is 10.8. The van der Waals surface area contributed by atoms with Gasteiger partial charge in [0.1, 0.15) is 11.4 Å². The van der Waals surface area contributed by atoms with Crippen LogP contribution in [-0.2, 0) is 0 Å².